The van der Waals surface area contributed by atoms with Gasteiger partial charge in [-0.25, -0.2) is 0 Å². The highest BCUT2D eigenvalue weighted by atomic mass is 16.2. The van der Waals surface area contributed by atoms with E-state index < -0.39 is 5.91 Å². The third kappa shape index (κ3) is 3.28. The number of hydrogen-bond acceptors (Lipinski definition) is 3. The van der Waals surface area contributed by atoms with Gasteiger partial charge in [-0.2, -0.15) is 0 Å². The lowest BCUT2D eigenvalue weighted by molar-refractivity contribution is -0.118. The van der Waals surface area contributed by atoms with Crippen molar-refractivity contribution in [3.63, 3.8) is 0 Å². The third-order valence-corrected chi connectivity index (χ3v) is 4.00. The van der Waals surface area contributed by atoms with Crippen LogP contribution in [0.1, 0.15) is 21.5 Å². The van der Waals surface area contributed by atoms with Gasteiger partial charge >= 0.3 is 0 Å². The van der Waals surface area contributed by atoms with Crippen molar-refractivity contribution in [1.82, 2.24) is 4.90 Å². The minimum Gasteiger partial charge on any atom is -0.369 e. The molecule has 2 aromatic carbocycles. The summed E-state index contributed by atoms with van der Waals surface area (Å²) in [7, 11) is 0. The molecule has 3 rings (SSSR count). The maximum Gasteiger partial charge on any atom is 0.259 e. The fourth-order valence-corrected chi connectivity index (χ4v) is 2.82. The predicted molar refractivity (Wildman–Crippen MR) is 94.5 cm³/mol. The van der Waals surface area contributed by atoms with E-state index in [1.807, 2.05) is 6.07 Å². The van der Waals surface area contributed by atoms with Gasteiger partial charge in [-0.15, -0.1) is 0 Å². The summed E-state index contributed by atoms with van der Waals surface area (Å²) >= 11 is 0. The van der Waals surface area contributed by atoms with Crippen molar-refractivity contribution < 1.29 is 14.4 Å². The minimum atomic E-state index is -0.486. The van der Waals surface area contributed by atoms with Gasteiger partial charge in [0.05, 0.1) is 6.42 Å². The van der Waals surface area contributed by atoms with E-state index in [0.717, 1.165) is 5.56 Å². The molecule has 25 heavy (non-hydrogen) atoms. The van der Waals surface area contributed by atoms with Gasteiger partial charge in [0.1, 0.15) is 6.54 Å². The molecule has 2 aromatic rings. The number of fused-ring (bicyclic) bond motifs is 1. The second kappa shape index (κ2) is 6.60. The lowest BCUT2D eigenvalue weighted by Crippen LogP contribution is -2.33. The smallest absolute Gasteiger partial charge is 0.259 e. The van der Waals surface area contributed by atoms with Gasteiger partial charge in [0.15, 0.2) is 0 Å². The number of nitrogens with one attached hydrogen (secondary N) is 1. The van der Waals surface area contributed by atoms with Crippen LogP contribution in [0.4, 0.5) is 5.69 Å². The second-order valence-electron chi connectivity index (χ2n) is 5.73. The number of nitrogens with two attached hydrogens (primary N) is 1. The predicted octanol–water partition coefficient (Wildman–Crippen LogP) is 1.78. The van der Waals surface area contributed by atoms with Gasteiger partial charge in [-0.1, -0.05) is 43.0 Å². The lowest BCUT2D eigenvalue weighted by atomic mass is 10.1. The molecule has 0 bridgehead atoms. The standard InChI is InChI=1S/C19H17N3O3/c1-12-14-7-3-4-8-15(14)19(25)22(12)11-18(24)21-16-9-5-2-6-13(16)10-17(20)23/h2-9H,1,10-11H2,(H2,20,23)(H,21,24). The number of anilines is 1. The van der Waals surface area contributed by atoms with Crippen LogP contribution in [-0.2, 0) is 16.0 Å². The Morgan fingerprint density at radius 2 is 1.68 bits per heavy atom. The summed E-state index contributed by atoms with van der Waals surface area (Å²) in [6.07, 6.45) is 0.0250. The molecular weight excluding hydrogens is 318 g/mol. The molecule has 0 aliphatic carbocycles. The highest BCUT2D eigenvalue weighted by molar-refractivity contribution is 6.11. The first kappa shape index (κ1) is 16.4. The summed E-state index contributed by atoms with van der Waals surface area (Å²) in [6, 6.07) is 14.0. The fraction of sp³-hybridized carbons (Fsp3) is 0.105. The number of carbonyl (C=O) groups excluding carboxylic acids is 3. The van der Waals surface area contributed by atoms with Gasteiger partial charge < -0.3 is 11.1 Å². The first-order valence-electron chi connectivity index (χ1n) is 7.73. The summed E-state index contributed by atoms with van der Waals surface area (Å²) in [4.78, 5) is 37.3. The molecule has 0 unspecified atom stereocenters. The van der Waals surface area contributed by atoms with Crippen LogP contribution in [0.25, 0.3) is 5.70 Å². The minimum absolute atomic E-state index is 0.0250. The topological polar surface area (TPSA) is 92.5 Å². The molecule has 1 aliphatic rings. The summed E-state index contributed by atoms with van der Waals surface area (Å²) in [5.41, 5.74) is 8.12. The number of amides is 3. The van der Waals surface area contributed by atoms with Crippen LogP contribution < -0.4 is 11.1 Å². The van der Waals surface area contributed by atoms with E-state index in [2.05, 4.69) is 11.9 Å². The molecule has 0 fully saturated rings. The number of benzene rings is 2. The average molecular weight is 335 g/mol. The maximum absolute atomic E-state index is 12.4. The maximum atomic E-state index is 12.4. The molecule has 0 aromatic heterocycles. The molecule has 6 nitrogen and oxygen atoms in total. The van der Waals surface area contributed by atoms with Crippen molar-refractivity contribution in [3.8, 4) is 0 Å². The van der Waals surface area contributed by atoms with E-state index in [4.69, 9.17) is 5.73 Å². The number of rotatable bonds is 5. The van der Waals surface area contributed by atoms with Crippen LogP contribution >= 0.6 is 0 Å². The Hall–Kier alpha value is -3.41. The molecule has 0 saturated heterocycles. The van der Waals surface area contributed by atoms with Crippen LogP contribution in [0.2, 0.25) is 0 Å². The Morgan fingerprint density at radius 3 is 2.36 bits per heavy atom. The van der Waals surface area contributed by atoms with Gasteiger partial charge in [-0.3, -0.25) is 19.3 Å². The van der Waals surface area contributed by atoms with Crippen LogP contribution in [0, 0.1) is 0 Å². The zero-order valence-electron chi connectivity index (χ0n) is 13.5. The van der Waals surface area contributed by atoms with Gasteiger partial charge in [0.2, 0.25) is 11.8 Å². The molecule has 0 atom stereocenters. The van der Waals surface area contributed by atoms with Crippen molar-refractivity contribution in [3.05, 3.63) is 71.8 Å². The van der Waals surface area contributed by atoms with E-state index in [1.54, 1.807) is 42.5 Å². The number of primary amides is 1. The van der Waals surface area contributed by atoms with Crippen LogP contribution in [0.15, 0.2) is 55.1 Å². The van der Waals surface area contributed by atoms with Crippen molar-refractivity contribution in [2.45, 2.75) is 6.42 Å². The molecule has 0 saturated carbocycles. The average Bonchev–Trinajstić information content (AvgIpc) is 2.82. The zero-order valence-corrected chi connectivity index (χ0v) is 13.5. The molecule has 0 spiro atoms. The van der Waals surface area contributed by atoms with E-state index in [-0.39, 0.29) is 24.8 Å². The number of hydrogen-bond donors (Lipinski definition) is 2. The van der Waals surface area contributed by atoms with Crippen molar-refractivity contribution in [2.24, 2.45) is 5.73 Å². The Labute approximate surface area is 144 Å². The van der Waals surface area contributed by atoms with E-state index >= 15 is 0 Å². The SMILES string of the molecule is C=C1c2ccccc2C(=O)N1CC(=O)Nc1ccccc1CC(N)=O. The zero-order chi connectivity index (χ0) is 18.0. The molecule has 3 N–H and O–H groups in total. The van der Waals surface area contributed by atoms with Crippen molar-refractivity contribution in [2.75, 3.05) is 11.9 Å². The largest absolute Gasteiger partial charge is 0.369 e. The van der Waals surface area contributed by atoms with Crippen LogP contribution in [0.5, 0.6) is 0 Å². The second-order valence-corrected chi connectivity index (χ2v) is 5.73. The molecule has 6 heteroatoms. The van der Waals surface area contributed by atoms with Gasteiger partial charge in [0.25, 0.3) is 5.91 Å². The van der Waals surface area contributed by atoms with Gasteiger partial charge in [-0.05, 0) is 17.7 Å². The molecular formula is C19H17N3O3. The number of carbonyl (C=O) groups is 3. The molecule has 1 heterocycles. The lowest BCUT2D eigenvalue weighted by Gasteiger charge is -2.17. The quantitative estimate of drug-likeness (QED) is 0.872. The number of para-hydroxylation sites is 1. The van der Waals surface area contributed by atoms with Crippen LogP contribution in [-0.4, -0.2) is 29.2 Å². The molecule has 3 amide bonds. The third-order valence-electron chi connectivity index (χ3n) is 4.00. The monoisotopic (exact) mass is 335 g/mol. The Balaban J connectivity index is 1.74. The van der Waals surface area contributed by atoms with Crippen molar-refractivity contribution >= 4 is 29.1 Å². The molecule has 126 valence electrons. The first-order chi connectivity index (χ1) is 12.0. The van der Waals surface area contributed by atoms with Crippen molar-refractivity contribution in [1.29, 1.82) is 0 Å². The Kier molecular flexibility index (Phi) is 4.35. The van der Waals surface area contributed by atoms with E-state index in [0.29, 0.717) is 22.5 Å². The first-order valence-corrected chi connectivity index (χ1v) is 7.73. The van der Waals surface area contributed by atoms with Crippen LogP contribution in [0.3, 0.4) is 0 Å². The summed E-state index contributed by atoms with van der Waals surface area (Å²) < 4.78 is 0. The summed E-state index contributed by atoms with van der Waals surface area (Å²) in [6.45, 7) is 3.75. The highest BCUT2D eigenvalue weighted by Gasteiger charge is 2.31. The molecule has 0 radical (unpaired) electrons. The van der Waals surface area contributed by atoms with E-state index in [9.17, 15) is 14.4 Å². The number of nitrogens with zero attached hydrogens (tertiary/aromatic N) is 1. The highest BCUT2D eigenvalue weighted by Crippen LogP contribution is 2.30. The normalized spacial score (nSPS) is 12.9. The Morgan fingerprint density at radius 1 is 1.04 bits per heavy atom. The summed E-state index contributed by atoms with van der Waals surface area (Å²) in [5, 5.41) is 2.73. The fourth-order valence-electron chi connectivity index (χ4n) is 2.82. The summed E-state index contributed by atoms with van der Waals surface area (Å²) in [5.74, 6) is -1.11. The van der Waals surface area contributed by atoms with E-state index in [1.165, 1.54) is 4.90 Å². The molecule has 1 aliphatic heterocycles. The van der Waals surface area contributed by atoms with Gasteiger partial charge in [0, 0.05) is 22.5 Å². The Bertz CT molecular complexity index is 854.